The van der Waals surface area contributed by atoms with E-state index >= 15 is 0 Å². The van der Waals surface area contributed by atoms with Gasteiger partial charge >= 0.3 is 6.03 Å². The molecule has 1 aromatic rings. The van der Waals surface area contributed by atoms with Crippen molar-refractivity contribution in [1.29, 1.82) is 0 Å². The molecule has 1 heterocycles. The lowest BCUT2D eigenvalue weighted by atomic mass is 10.0. The number of hydrogen-bond acceptors (Lipinski definition) is 3. The zero-order valence-electron chi connectivity index (χ0n) is 10.4. The van der Waals surface area contributed by atoms with Crippen molar-refractivity contribution in [2.75, 3.05) is 4.90 Å². The number of imide groups is 1. The summed E-state index contributed by atoms with van der Waals surface area (Å²) in [5, 5.41) is 12.3. The maximum atomic E-state index is 12.1. The molecule has 5 nitrogen and oxygen atoms in total. The van der Waals surface area contributed by atoms with E-state index in [2.05, 4.69) is 5.32 Å². The van der Waals surface area contributed by atoms with Gasteiger partial charge < -0.3 is 10.4 Å². The summed E-state index contributed by atoms with van der Waals surface area (Å²) in [4.78, 5) is 25.0. The van der Waals surface area contributed by atoms with Gasteiger partial charge in [-0.05, 0) is 24.5 Å². The van der Waals surface area contributed by atoms with Gasteiger partial charge in [-0.2, -0.15) is 0 Å². The molecular weight excluding hydrogens is 232 g/mol. The fraction of sp³-hybridized carbons (Fsp3) is 0.385. The summed E-state index contributed by atoms with van der Waals surface area (Å²) in [5.41, 5.74) is 0.228. The Morgan fingerprint density at radius 2 is 2.00 bits per heavy atom. The normalized spacial score (nSPS) is 19.5. The number of nitrogens with one attached hydrogen (secondary N) is 1. The molecule has 1 aromatic carbocycles. The number of hydrogen-bond donors (Lipinski definition) is 2. The van der Waals surface area contributed by atoms with Gasteiger partial charge in [-0.1, -0.05) is 26.0 Å². The number of aromatic hydroxyl groups is 1. The summed E-state index contributed by atoms with van der Waals surface area (Å²) in [6, 6.07) is 5.33. The van der Waals surface area contributed by atoms with Gasteiger partial charge in [0.25, 0.3) is 5.91 Å². The first-order chi connectivity index (χ1) is 8.50. The van der Waals surface area contributed by atoms with Crippen LogP contribution >= 0.6 is 0 Å². The van der Waals surface area contributed by atoms with E-state index in [0.717, 1.165) is 4.90 Å². The summed E-state index contributed by atoms with van der Waals surface area (Å²) in [7, 11) is 0. The van der Waals surface area contributed by atoms with Crippen molar-refractivity contribution in [1.82, 2.24) is 5.32 Å². The van der Waals surface area contributed by atoms with Crippen LogP contribution in [0.1, 0.15) is 20.3 Å². The molecule has 5 heteroatoms. The predicted molar refractivity (Wildman–Crippen MR) is 67.4 cm³/mol. The molecule has 0 radical (unpaired) electrons. The molecule has 2 N–H and O–H groups in total. The van der Waals surface area contributed by atoms with Gasteiger partial charge in [0.15, 0.2) is 0 Å². The maximum Gasteiger partial charge on any atom is 0.329 e. The number of carbonyl (C=O) groups is 2. The molecule has 1 unspecified atom stereocenters. The minimum absolute atomic E-state index is 0.0776. The summed E-state index contributed by atoms with van der Waals surface area (Å²) in [5.74, 6) is -0.0787. The average Bonchev–Trinajstić information content (AvgIpc) is 2.55. The number of benzene rings is 1. The highest BCUT2D eigenvalue weighted by Crippen LogP contribution is 2.29. The lowest BCUT2D eigenvalue weighted by Crippen LogP contribution is -2.31. The molecule has 0 bridgehead atoms. The maximum absolute atomic E-state index is 12.1. The van der Waals surface area contributed by atoms with Gasteiger partial charge in [-0.3, -0.25) is 4.79 Å². The van der Waals surface area contributed by atoms with Gasteiger partial charge in [0, 0.05) is 0 Å². The van der Waals surface area contributed by atoms with Crippen molar-refractivity contribution >= 4 is 17.6 Å². The fourth-order valence-corrected chi connectivity index (χ4v) is 2.04. The highest BCUT2D eigenvalue weighted by molar-refractivity contribution is 6.22. The standard InChI is InChI=1S/C13H16N2O3/c1-8(2)7-9-12(17)15(13(18)14-9)10-5-3-4-6-11(10)16/h3-6,8-9,16H,7H2,1-2H3,(H,14,18). The van der Waals surface area contributed by atoms with Crippen LogP contribution in [0.5, 0.6) is 5.75 Å². The first kappa shape index (κ1) is 12.4. The Hall–Kier alpha value is -2.04. The highest BCUT2D eigenvalue weighted by Gasteiger charge is 2.39. The van der Waals surface area contributed by atoms with E-state index in [0.29, 0.717) is 12.3 Å². The van der Waals surface area contributed by atoms with Gasteiger partial charge in [0.05, 0.1) is 5.69 Å². The number of anilines is 1. The summed E-state index contributed by atoms with van der Waals surface area (Å²) >= 11 is 0. The minimum atomic E-state index is -0.503. The monoisotopic (exact) mass is 248 g/mol. The molecule has 96 valence electrons. The number of para-hydroxylation sites is 2. The van der Waals surface area contributed by atoms with E-state index in [1.807, 2.05) is 13.8 Å². The Labute approximate surface area is 105 Å². The Kier molecular flexibility index (Phi) is 3.23. The molecule has 1 aliphatic heterocycles. The van der Waals surface area contributed by atoms with E-state index in [-0.39, 0.29) is 17.3 Å². The van der Waals surface area contributed by atoms with Gasteiger partial charge in [0.2, 0.25) is 0 Å². The van der Waals surface area contributed by atoms with Gasteiger partial charge in [-0.25, -0.2) is 9.69 Å². The third kappa shape index (κ3) is 2.16. The van der Waals surface area contributed by atoms with Crippen molar-refractivity contribution < 1.29 is 14.7 Å². The van der Waals surface area contributed by atoms with E-state index < -0.39 is 12.1 Å². The predicted octanol–water partition coefficient (Wildman–Crippen LogP) is 1.86. The Morgan fingerprint density at radius 3 is 2.61 bits per heavy atom. The zero-order chi connectivity index (χ0) is 13.3. The van der Waals surface area contributed by atoms with Crippen molar-refractivity contribution in [3.63, 3.8) is 0 Å². The van der Waals surface area contributed by atoms with E-state index in [9.17, 15) is 14.7 Å². The Morgan fingerprint density at radius 1 is 1.33 bits per heavy atom. The molecular formula is C13H16N2O3. The van der Waals surface area contributed by atoms with Crippen LogP contribution < -0.4 is 10.2 Å². The smallest absolute Gasteiger partial charge is 0.329 e. The highest BCUT2D eigenvalue weighted by atomic mass is 16.3. The minimum Gasteiger partial charge on any atom is -0.506 e. The lowest BCUT2D eigenvalue weighted by Gasteiger charge is -2.14. The second-order valence-corrected chi connectivity index (χ2v) is 4.79. The van der Waals surface area contributed by atoms with Crippen LogP contribution in [0.15, 0.2) is 24.3 Å². The van der Waals surface area contributed by atoms with Crippen molar-refractivity contribution in [3.05, 3.63) is 24.3 Å². The van der Waals surface area contributed by atoms with Crippen molar-refractivity contribution in [2.45, 2.75) is 26.3 Å². The van der Waals surface area contributed by atoms with Crippen LogP contribution in [0.3, 0.4) is 0 Å². The number of nitrogens with zero attached hydrogens (tertiary/aromatic N) is 1. The quantitative estimate of drug-likeness (QED) is 0.802. The lowest BCUT2D eigenvalue weighted by molar-refractivity contribution is -0.118. The molecule has 0 saturated carbocycles. The van der Waals surface area contributed by atoms with E-state index in [1.165, 1.54) is 6.07 Å². The van der Waals surface area contributed by atoms with Crippen LogP contribution in [0.4, 0.5) is 10.5 Å². The molecule has 1 saturated heterocycles. The molecule has 0 aromatic heterocycles. The molecule has 1 aliphatic rings. The van der Waals surface area contributed by atoms with Crippen LogP contribution in [0, 0.1) is 5.92 Å². The van der Waals surface area contributed by atoms with E-state index in [1.54, 1.807) is 18.2 Å². The molecule has 3 amide bonds. The average molecular weight is 248 g/mol. The zero-order valence-corrected chi connectivity index (χ0v) is 10.4. The number of phenolic OH excluding ortho intramolecular Hbond substituents is 1. The first-order valence-corrected chi connectivity index (χ1v) is 5.93. The second-order valence-electron chi connectivity index (χ2n) is 4.79. The van der Waals surface area contributed by atoms with Crippen LogP contribution in [0.25, 0.3) is 0 Å². The summed E-state index contributed by atoms with van der Waals surface area (Å²) in [6.07, 6.45) is 0.592. The summed E-state index contributed by atoms with van der Waals surface area (Å²) in [6.45, 7) is 3.98. The molecule has 0 spiro atoms. The van der Waals surface area contributed by atoms with Crippen LogP contribution in [0.2, 0.25) is 0 Å². The molecule has 0 aliphatic carbocycles. The number of phenols is 1. The Balaban J connectivity index is 2.27. The molecule has 1 atom stereocenters. The largest absolute Gasteiger partial charge is 0.506 e. The number of amides is 3. The van der Waals surface area contributed by atoms with Crippen molar-refractivity contribution in [2.24, 2.45) is 5.92 Å². The summed E-state index contributed by atoms with van der Waals surface area (Å²) < 4.78 is 0. The number of rotatable bonds is 3. The number of carbonyl (C=O) groups excluding carboxylic acids is 2. The van der Waals surface area contributed by atoms with Crippen molar-refractivity contribution in [3.8, 4) is 5.75 Å². The van der Waals surface area contributed by atoms with Gasteiger partial charge in [-0.15, -0.1) is 0 Å². The van der Waals surface area contributed by atoms with Gasteiger partial charge in [0.1, 0.15) is 11.8 Å². The SMILES string of the molecule is CC(C)CC1NC(=O)N(c2ccccc2O)C1=O. The molecule has 2 rings (SSSR count). The molecule has 18 heavy (non-hydrogen) atoms. The van der Waals surface area contributed by atoms with Crippen LogP contribution in [-0.4, -0.2) is 23.1 Å². The third-order valence-corrected chi connectivity index (χ3v) is 2.85. The first-order valence-electron chi connectivity index (χ1n) is 5.93. The van der Waals surface area contributed by atoms with E-state index in [4.69, 9.17) is 0 Å². The molecule has 1 fully saturated rings. The van der Waals surface area contributed by atoms with Crippen LogP contribution in [-0.2, 0) is 4.79 Å². The second kappa shape index (κ2) is 4.68. The third-order valence-electron chi connectivity index (χ3n) is 2.85. The number of urea groups is 1. The fourth-order valence-electron chi connectivity index (χ4n) is 2.04. The Bertz CT molecular complexity index is 485. The topological polar surface area (TPSA) is 69.6 Å².